The van der Waals surface area contributed by atoms with Crippen molar-refractivity contribution >= 4 is 56.9 Å². The van der Waals surface area contributed by atoms with Crippen LogP contribution in [0.2, 0.25) is 5.02 Å². The van der Waals surface area contributed by atoms with Crippen LogP contribution in [0.4, 0.5) is 0 Å². The number of aromatic nitrogens is 1. The van der Waals surface area contributed by atoms with E-state index in [4.69, 9.17) is 25.8 Å². The summed E-state index contributed by atoms with van der Waals surface area (Å²) in [5.41, 5.74) is 2.74. The first kappa shape index (κ1) is 28.8. The molecule has 0 fully saturated rings. The summed E-state index contributed by atoms with van der Waals surface area (Å²) < 4.78 is 18.4. The van der Waals surface area contributed by atoms with E-state index in [-0.39, 0.29) is 25.4 Å². The molecule has 39 heavy (non-hydrogen) atoms. The molecule has 204 valence electrons. The van der Waals surface area contributed by atoms with E-state index in [0.717, 1.165) is 11.1 Å². The topological polar surface area (TPSA) is 96.2 Å². The van der Waals surface area contributed by atoms with Gasteiger partial charge in [0.2, 0.25) is 0 Å². The third-order valence-electron chi connectivity index (χ3n) is 5.87. The molecule has 1 aliphatic heterocycles. The number of esters is 2. The lowest BCUT2D eigenvalue weighted by atomic mass is 9.95. The molecule has 8 nitrogen and oxygen atoms in total. The number of nitrogens with zero attached hydrogens (tertiary/aromatic N) is 2. The van der Waals surface area contributed by atoms with Gasteiger partial charge >= 0.3 is 11.9 Å². The second kappa shape index (κ2) is 12.3. The van der Waals surface area contributed by atoms with Crippen molar-refractivity contribution in [3.63, 3.8) is 0 Å². The van der Waals surface area contributed by atoms with Gasteiger partial charge in [0.1, 0.15) is 5.75 Å². The molecule has 0 spiro atoms. The molecule has 0 amide bonds. The van der Waals surface area contributed by atoms with E-state index in [0.29, 0.717) is 41.4 Å². The first-order chi connectivity index (χ1) is 18.6. The molecule has 0 unspecified atom stereocenters. The number of hydrogen-bond acceptors (Lipinski definition) is 8. The van der Waals surface area contributed by atoms with E-state index < -0.39 is 18.0 Å². The van der Waals surface area contributed by atoms with Crippen LogP contribution in [0.1, 0.15) is 43.5 Å². The minimum atomic E-state index is -0.714. The molecule has 0 aliphatic carbocycles. The fourth-order valence-corrected chi connectivity index (χ4v) is 6.16. The Labute approximate surface area is 242 Å². The Morgan fingerprint density at radius 2 is 1.82 bits per heavy atom. The fourth-order valence-electron chi connectivity index (χ4n) is 4.17. The molecule has 1 aromatic heterocycles. The highest BCUT2D eigenvalue weighted by Crippen LogP contribution is 2.34. The van der Waals surface area contributed by atoms with E-state index in [9.17, 15) is 14.4 Å². The van der Waals surface area contributed by atoms with E-state index in [1.165, 1.54) is 15.9 Å². The minimum Gasteiger partial charge on any atom is -0.480 e. The second-order valence-corrected chi connectivity index (χ2v) is 10.9. The third kappa shape index (κ3) is 6.18. The van der Waals surface area contributed by atoms with Gasteiger partial charge in [-0.1, -0.05) is 52.8 Å². The van der Waals surface area contributed by atoms with Crippen LogP contribution in [0.15, 0.2) is 61.9 Å². The van der Waals surface area contributed by atoms with Crippen molar-refractivity contribution in [2.75, 3.05) is 19.8 Å². The van der Waals surface area contributed by atoms with Gasteiger partial charge in [-0.05, 0) is 67.4 Å². The highest BCUT2D eigenvalue weighted by molar-refractivity contribution is 9.10. The molecular formula is C28H26BrClN2O6S. The Balaban J connectivity index is 1.89. The maximum absolute atomic E-state index is 13.9. The molecule has 2 aromatic carbocycles. The van der Waals surface area contributed by atoms with Crippen LogP contribution in [-0.2, 0) is 19.1 Å². The van der Waals surface area contributed by atoms with Gasteiger partial charge in [-0.2, -0.15) is 0 Å². The number of rotatable bonds is 8. The summed E-state index contributed by atoms with van der Waals surface area (Å²) in [6.45, 7) is 7.25. The number of thiazole rings is 1. The van der Waals surface area contributed by atoms with Crippen LogP contribution in [-0.4, -0.2) is 36.3 Å². The van der Waals surface area contributed by atoms with Gasteiger partial charge in [-0.3, -0.25) is 9.36 Å². The molecule has 1 atom stereocenters. The quantitative estimate of drug-likeness (QED) is 0.340. The van der Waals surface area contributed by atoms with E-state index in [2.05, 4.69) is 20.9 Å². The number of fused-ring (bicyclic) bond motifs is 1. The number of benzene rings is 2. The molecule has 0 saturated heterocycles. The SMILES string of the molecule is CCOC(=O)COc1c(Br)cc(Cl)cc1/C=c1\sc2n(c1=O)[C@H](c1ccc(C)cc1)C(C(=O)OCC)=C(C)N=2. The lowest BCUT2D eigenvalue weighted by Gasteiger charge is -2.24. The van der Waals surface area contributed by atoms with Crippen LogP contribution in [0.3, 0.4) is 0 Å². The summed E-state index contributed by atoms with van der Waals surface area (Å²) in [6, 6.07) is 10.2. The van der Waals surface area contributed by atoms with Crippen molar-refractivity contribution in [3.05, 3.63) is 93.5 Å². The van der Waals surface area contributed by atoms with Crippen molar-refractivity contribution < 1.29 is 23.8 Å². The van der Waals surface area contributed by atoms with E-state index in [1.54, 1.807) is 39.0 Å². The zero-order valence-corrected chi connectivity index (χ0v) is 24.9. The molecule has 4 rings (SSSR count). The normalized spacial score (nSPS) is 15.0. The van der Waals surface area contributed by atoms with Crippen molar-refractivity contribution in [2.45, 2.75) is 33.7 Å². The minimum absolute atomic E-state index is 0.193. The zero-order chi connectivity index (χ0) is 28.3. The molecular weight excluding hydrogens is 608 g/mol. The number of ether oxygens (including phenoxy) is 3. The first-order valence-electron chi connectivity index (χ1n) is 12.2. The summed E-state index contributed by atoms with van der Waals surface area (Å²) in [4.78, 5) is 43.9. The number of carbonyl (C=O) groups excluding carboxylic acids is 2. The van der Waals surface area contributed by atoms with Crippen molar-refractivity contribution in [3.8, 4) is 5.75 Å². The summed E-state index contributed by atoms with van der Waals surface area (Å²) in [5, 5.41) is 0.405. The van der Waals surface area contributed by atoms with Gasteiger partial charge in [0.05, 0.1) is 39.5 Å². The van der Waals surface area contributed by atoms with Gasteiger partial charge in [0.15, 0.2) is 11.4 Å². The Hall–Kier alpha value is -3.21. The van der Waals surface area contributed by atoms with Crippen molar-refractivity contribution in [1.82, 2.24) is 4.57 Å². The van der Waals surface area contributed by atoms with Gasteiger partial charge in [-0.25, -0.2) is 14.6 Å². The van der Waals surface area contributed by atoms with Crippen LogP contribution in [0.25, 0.3) is 6.08 Å². The number of allylic oxidation sites excluding steroid dienone is 1. The fraction of sp³-hybridized carbons (Fsp3) is 0.286. The van der Waals surface area contributed by atoms with Crippen LogP contribution in [0, 0.1) is 6.92 Å². The Morgan fingerprint density at radius 1 is 1.13 bits per heavy atom. The maximum Gasteiger partial charge on any atom is 0.344 e. The highest BCUT2D eigenvalue weighted by Gasteiger charge is 2.33. The Morgan fingerprint density at radius 3 is 2.49 bits per heavy atom. The molecule has 0 radical (unpaired) electrons. The maximum atomic E-state index is 13.9. The summed E-state index contributed by atoms with van der Waals surface area (Å²) >= 11 is 10.9. The van der Waals surface area contributed by atoms with E-state index >= 15 is 0 Å². The molecule has 11 heteroatoms. The largest absolute Gasteiger partial charge is 0.480 e. The molecule has 2 heterocycles. The summed E-state index contributed by atoms with van der Waals surface area (Å²) in [5.74, 6) is -0.714. The number of hydrogen-bond donors (Lipinski definition) is 0. The zero-order valence-electron chi connectivity index (χ0n) is 21.7. The molecule has 0 N–H and O–H groups in total. The Bertz CT molecular complexity index is 1640. The van der Waals surface area contributed by atoms with Crippen LogP contribution >= 0.6 is 38.9 Å². The van der Waals surface area contributed by atoms with Crippen LogP contribution < -0.4 is 19.6 Å². The van der Waals surface area contributed by atoms with Crippen LogP contribution in [0.5, 0.6) is 5.75 Å². The van der Waals surface area contributed by atoms with E-state index in [1.807, 2.05) is 31.2 Å². The first-order valence-corrected chi connectivity index (χ1v) is 14.2. The number of carbonyl (C=O) groups is 2. The van der Waals surface area contributed by atoms with Gasteiger partial charge < -0.3 is 14.2 Å². The standard InChI is InChI=1S/C28H26BrClN2O6S/c1-5-36-22(33)14-38-25-18(11-19(30)13-20(25)29)12-21-26(34)32-24(17-9-7-15(3)8-10-17)23(27(35)37-6-2)16(4)31-28(32)39-21/h7-13,24H,5-6,14H2,1-4H3/b21-12-/t24-/m1/s1. The number of halogens is 2. The van der Waals surface area contributed by atoms with Gasteiger partial charge in [0, 0.05) is 10.6 Å². The third-order valence-corrected chi connectivity index (χ3v) is 7.66. The average molecular weight is 634 g/mol. The second-order valence-electron chi connectivity index (χ2n) is 8.61. The molecule has 0 saturated carbocycles. The van der Waals surface area contributed by atoms with Gasteiger partial charge in [0.25, 0.3) is 5.56 Å². The summed E-state index contributed by atoms with van der Waals surface area (Å²) in [7, 11) is 0. The average Bonchev–Trinajstić information content (AvgIpc) is 3.17. The lowest BCUT2D eigenvalue weighted by Crippen LogP contribution is -2.39. The highest BCUT2D eigenvalue weighted by atomic mass is 79.9. The molecule has 1 aliphatic rings. The number of aryl methyl sites for hydroxylation is 1. The monoisotopic (exact) mass is 632 g/mol. The van der Waals surface area contributed by atoms with Crippen molar-refractivity contribution in [2.24, 2.45) is 4.99 Å². The molecule has 0 bridgehead atoms. The summed E-state index contributed by atoms with van der Waals surface area (Å²) in [6.07, 6.45) is 1.64. The van der Waals surface area contributed by atoms with Gasteiger partial charge in [-0.15, -0.1) is 0 Å². The van der Waals surface area contributed by atoms with Crippen molar-refractivity contribution in [1.29, 1.82) is 0 Å². The predicted octanol–water partition coefficient (Wildman–Crippen LogP) is 4.46. The Kier molecular flexibility index (Phi) is 9.09. The smallest absolute Gasteiger partial charge is 0.344 e. The predicted molar refractivity (Wildman–Crippen MR) is 153 cm³/mol. The molecule has 3 aromatic rings. The lowest BCUT2D eigenvalue weighted by molar-refractivity contribution is -0.145.